The van der Waals surface area contributed by atoms with Crippen molar-refractivity contribution < 1.29 is 19.0 Å². The number of rotatable bonds is 10. The molecule has 1 aromatic carbocycles. The lowest BCUT2D eigenvalue weighted by atomic mass is 10.2. The Morgan fingerprint density at radius 3 is 2.52 bits per heavy atom. The molecular formula is C15H24N2O4. The van der Waals surface area contributed by atoms with Crippen molar-refractivity contribution in [1.29, 1.82) is 0 Å². The first kappa shape index (κ1) is 17.4. The van der Waals surface area contributed by atoms with Crippen LogP contribution in [-0.2, 0) is 20.8 Å². The quantitative estimate of drug-likeness (QED) is 0.486. The maximum absolute atomic E-state index is 11.3. The van der Waals surface area contributed by atoms with Crippen LogP contribution < -0.4 is 15.4 Å². The summed E-state index contributed by atoms with van der Waals surface area (Å²) >= 11 is 0. The van der Waals surface area contributed by atoms with Gasteiger partial charge in [0.25, 0.3) is 0 Å². The zero-order chi connectivity index (χ0) is 15.5. The third-order valence-electron chi connectivity index (χ3n) is 3.03. The Hall–Kier alpha value is -1.63. The second-order valence-corrected chi connectivity index (χ2v) is 4.46. The van der Waals surface area contributed by atoms with Crippen molar-refractivity contribution >= 4 is 5.97 Å². The zero-order valence-corrected chi connectivity index (χ0v) is 12.8. The van der Waals surface area contributed by atoms with E-state index in [0.29, 0.717) is 19.8 Å². The molecule has 0 aromatic heterocycles. The van der Waals surface area contributed by atoms with E-state index in [1.807, 2.05) is 24.3 Å². The second kappa shape index (κ2) is 10.1. The molecule has 0 amide bonds. The van der Waals surface area contributed by atoms with Crippen LogP contribution in [0.1, 0.15) is 5.56 Å². The molecule has 0 radical (unpaired) electrons. The Morgan fingerprint density at radius 1 is 1.24 bits per heavy atom. The molecule has 0 saturated heterocycles. The highest BCUT2D eigenvalue weighted by atomic mass is 16.5. The van der Waals surface area contributed by atoms with Crippen LogP contribution >= 0.6 is 0 Å². The Kier molecular flexibility index (Phi) is 8.42. The van der Waals surface area contributed by atoms with E-state index in [2.05, 4.69) is 15.4 Å². The molecule has 0 spiro atoms. The van der Waals surface area contributed by atoms with E-state index < -0.39 is 6.04 Å². The van der Waals surface area contributed by atoms with Gasteiger partial charge in [-0.05, 0) is 24.7 Å². The summed E-state index contributed by atoms with van der Waals surface area (Å²) in [6.45, 7) is 2.31. The van der Waals surface area contributed by atoms with E-state index >= 15 is 0 Å². The number of carbonyl (C=O) groups is 1. The molecule has 21 heavy (non-hydrogen) atoms. The molecule has 1 rings (SSSR count). The van der Waals surface area contributed by atoms with Gasteiger partial charge in [0.2, 0.25) is 0 Å². The van der Waals surface area contributed by atoms with E-state index in [1.54, 1.807) is 14.2 Å². The van der Waals surface area contributed by atoms with Gasteiger partial charge in [-0.2, -0.15) is 0 Å². The molecular weight excluding hydrogens is 272 g/mol. The Labute approximate surface area is 125 Å². The third kappa shape index (κ3) is 6.57. The minimum absolute atomic E-state index is 0.299. The third-order valence-corrected chi connectivity index (χ3v) is 3.03. The van der Waals surface area contributed by atoms with Crippen molar-refractivity contribution in [3.63, 3.8) is 0 Å². The summed E-state index contributed by atoms with van der Waals surface area (Å²) in [5.41, 5.74) is 1.18. The molecule has 0 aliphatic rings. The van der Waals surface area contributed by atoms with Crippen LogP contribution in [0, 0.1) is 0 Å². The molecule has 1 aromatic rings. The van der Waals surface area contributed by atoms with E-state index in [0.717, 1.165) is 12.3 Å². The number of hydrogen-bond donors (Lipinski definition) is 2. The summed E-state index contributed by atoms with van der Waals surface area (Å²) in [7, 11) is 4.72. The summed E-state index contributed by atoms with van der Waals surface area (Å²) < 4.78 is 15.2. The SMILES string of the molecule is CN[C@H](COCCNCc1ccc(OC)cc1)C(=O)OC. The summed E-state index contributed by atoms with van der Waals surface area (Å²) in [5.74, 6) is 0.534. The predicted molar refractivity (Wildman–Crippen MR) is 80.4 cm³/mol. The number of hydrogen-bond acceptors (Lipinski definition) is 6. The standard InChI is InChI=1S/C15H24N2O4/c1-16-14(15(18)20-3)11-21-9-8-17-10-12-4-6-13(19-2)7-5-12/h4-7,14,16-17H,8-11H2,1-3H3/t14-/m1/s1. The average Bonchev–Trinajstić information content (AvgIpc) is 2.54. The molecule has 0 unspecified atom stereocenters. The van der Waals surface area contributed by atoms with Crippen molar-refractivity contribution in [3.05, 3.63) is 29.8 Å². The normalized spacial score (nSPS) is 12.0. The number of esters is 1. The lowest BCUT2D eigenvalue weighted by Gasteiger charge is -2.14. The molecule has 6 heteroatoms. The van der Waals surface area contributed by atoms with Crippen LogP contribution in [-0.4, -0.2) is 53.0 Å². The fourth-order valence-corrected chi connectivity index (χ4v) is 1.73. The van der Waals surface area contributed by atoms with Gasteiger partial charge in [0.05, 0.1) is 27.4 Å². The molecule has 1 atom stereocenters. The molecule has 0 bridgehead atoms. The largest absolute Gasteiger partial charge is 0.497 e. The number of nitrogens with one attached hydrogen (secondary N) is 2. The van der Waals surface area contributed by atoms with Gasteiger partial charge in [-0.1, -0.05) is 12.1 Å². The van der Waals surface area contributed by atoms with Gasteiger partial charge in [-0.3, -0.25) is 4.79 Å². The number of benzene rings is 1. The summed E-state index contributed by atoms with van der Waals surface area (Å²) in [5, 5.41) is 6.12. The molecule has 0 aliphatic heterocycles. The minimum atomic E-state index is -0.420. The summed E-state index contributed by atoms with van der Waals surface area (Å²) in [6, 6.07) is 7.47. The summed E-state index contributed by atoms with van der Waals surface area (Å²) in [4.78, 5) is 11.3. The molecule has 2 N–H and O–H groups in total. The predicted octanol–water partition coefficient (Wildman–Crippen LogP) is 0.562. The van der Waals surface area contributed by atoms with Gasteiger partial charge in [0.1, 0.15) is 11.8 Å². The van der Waals surface area contributed by atoms with Crippen LogP contribution in [0.5, 0.6) is 5.75 Å². The van der Waals surface area contributed by atoms with Crippen molar-refractivity contribution in [1.82, 2.24) is 10.6 Å². The van der Waals surface area contributed by atoms with Crippen molar-refractivity contribution in [2.24, 2.45) is 0 Å². The first-order chi connectivity index (χ1) is 10.2. The fraction of sp³-hybridized carbons (Fsp3) is 0.533. The molecule has 0 heterocycles. The molecule has 6 nitrogen and oxygen atoms in total. The highest BCUT2D eigenvalue weighted by Crippen LogP contribution is 2.10. The van der Waals surface area contributed by atoms with Crippen molar-refractivity contribution in [2.45, 2.75) is 12.6 Å². The molecule has 118 valence electrons. The number of ether oxygens (including phenoxy) is 3. The van der Waals surface area contributed by atoms with Gasteiger partial charge in [0, 0.05) is 13.1 Å². The van der Waals surface area contributed by atoms with Gasteiger partial charge in [0.15, 0.2) is 0 Å². The fourth-order valence-electron chi connectivity index (χ4n) is 1.73. The van der Waals surface area contributed by atoms with E-state index in [-0.39, 0.29) is 5.97 Å². The van der Waals surface area contributed by atoms with E-state index in [4.69, 9.17) is 9.47 Å². The Morgan fingerprint density at radius 2 is 1.95 bits per heavy atom. The highest BCUT2D eigenvalue weighted by Gasteiger charge is 2.16. The average molecular weight is 296 g/mol. The van der Waals surface area contributed by atoms with Crippen molar-refractivity contribution in [3.8, 4) is 5.75 Å². The topological polar surface area (TPSA) is 68.8 Å². The monoisotopic (exact) mass is 296 g/mol. The first-order valence-corrected chi connectivity index (χ1v) is 6.87. The van der Waals surface area contributed by atoms with Crippen molar-refractivity contribution in [2.75, 3.05) is 41.0 Å². The van der Waals surface area contributed by atoms with E-state index in [9.17, 15) is 4.79 Å². The van der Waals surface area contributed by atoms with Crippen LogP contribution in [0.25, 0.3) is 0 Å². The number of likely N-dealkylation sites (N-methyl/N-ethyl adjacent to an activating group) is 1. The van der Waals surface area contributed by atoms with Gasteiger partial charge in [-0.25, -0.2) is 0 Å². The molecule has 0 fully saturated rings. The van der Waals surface area contributed by atoms with Crippen LogP contribution in [0.2, 0.25) is 0 Å². The van der Waals surface area contributed by atoms with Crippen LogP contribution in [0.4, 0.5) is 0 Å². The Balaban J connectivity index is 2.12. The lowest BCUT2D eigenvalue weighted by molar-refractivity contribution is -0.144. The van der Waals surface area contributed by atoms with E-state index in [1.165, 1.54) is 12.7 Å². The minimum Gasteiger partial charge on any atom is -0.497 e. The first-order valence-electron chi connectivity index (χ1n) is 6.87. The lowest BCUT2D eigenvalue weighted by Crippen LogP contribution is -2.39. The van der Waals surface area contributed by atoms with Crippen LogP contribution in [0.3, 0.4) is 0 Å². The van der Waals surface area contributed by atoms with Gasteiger partial charge >= 0.3 is 5.97 Å². The highest BCUT2D eigenvalue weighted by molar-refractivity contribution is 5.75. The number of carbonyl (C=O) groups excluding carboxylic acids is 1. The number of methoxy groups -OCH3 is 2. The maximum atomic E-state index is 11.3. The smallest absolute Gasteiger partial charge is 0.325 e. The maximum Gasteiger partial charge on any atom is 0.325 e. The van der Waals surface area contributed by atoms with Gasteiger partial charge in [-0.15, -0.1) is 0 Å². The van der Waals surface area contributed by atoms with Gasteiger partial charge < -0.3 is 24.8 Å². The molecule has 0 saturated carbocycles. The Bertz CT molecular complexity index is 409. The zero-order valence-electron chi connectivity index (χ0n) is 12.8. The van der Waals surface area contributed by atoms with Crippen LogP contribution in [0.15, 0.2) is 24.3 Å². The molecule has 0 aliphatic carbocycles. The second-order valence-electron chi connectivity index (χ2n) is 4.46. The summed E-state index contributed by atoms with van der Waals surface area (Å²) in [6.07, 6.45) is 0.